The van der Waals surface area contributed by atoms with E-state index in [1.165, 1.54) is 7.11 Å². The van der Waals surface area contributed by atoms with E-state index < -0.39 is 0 Å². The van der Waals surface area contributed by atoms with Crippen molar-refractivity contribution in [3.63, 3.8) is 0 Å². The van der Waals surface area contributed by atoms with Crippen LogP contribution < -0.4 is 0 Å². The molecule has 0 saturated carbocycles. The molecule has 1 aromatic carbocycles. The minimum Gasteiger partial charge on any atom is -0.469 e. The van der Waals surface area contributed by atoms with Crippen LogP contribution in [-0.2, 0) is 9.53 Å². The lowest BCUT2D eigenvalue weighted by atomic mass is 9.88. The maximum absolute atomic E-state index is 11.5. The minimum atomic E-state index is -0.0828. The van der Waals surface area contributed by atoms with Gasteiger partial charge in [-0.1, -0.05) is 30.4 Å². The highest BCUT2D eigenvalue weighted by molar-refractivity contribution is 7.99. The number of methoxy groups -OCH3 is 1. The Hall–Kier alpha value is -1.22. The Bertz CT molecular complexity index is 414. The summed E-state index contributed by atoms with van der Waals surface area (Å²) in [4.78, 5) is 12.7. The number of ether oxygens (including phenoxy) is 1. The zero-order valence-corrected chi connectivity index (χ0v) is 11.3. The molecule has 0 spiro atoms. The van der Waals surface area contributed by atoms with Crippen LogP contribution in [-0.4, -0.2) is 18.8 Å². The quantitative estimate of drug-likeness (QED) is 0.472. The van der Waals surface area contributed by atoms with Gasteiger partial charge in [0.05, 0.1) is 13.0 Å². The number of esters is 1. The van der Waals surface area contributed by atoms with Crippen molar-refractivity contribution in [2.24, 2.45) is 11.8 Å². The monoisotopic (exact) mass is 261 g/mol. The van der Waals surface area contributed by atoms with Crippen LogP contribution in [0.5, 0.6) is 0 Å². The summed E-state index contributed by atoms with van der Waals surface area (Å²) in [6, 6.07) is 11.2. The van der Waals surface area contributed by atoms with Crippen LogP contribution in [0.25, 0.3) is 0 Å². The molecule has 0 amide bonds. The van der Waals surface area contributed by atoms with E-state index in [-0.39, 0.29) is 11.9 Å². The molecule has 2 atom stereocenters. The Labute approximate surface area is 112 Å². The molecule has 2 unspecified atom stereocenters. The van der Waals surface area contributed by atoms with Crippen LogP contribution in [0.15, 0.2) is 41.3 Å². The van der Waals surface area contributed by atoms with Gasteiger partial charge in [0.1, 0.15) is 0 Å². The number of hydrogen-bond donors (Lipinski definition) is 0. The zero-order valence-electron chi connectivity index (χ0n) is 10.5. The SMILES string of the molecule is COC(=O)C1CC=CC(CSc2[c]cccc2)C1. The van der Waals surface area contributed by atoms with Crippen molar-refractivity contribution in [2.45, 2.75) is 17.7 Å². The van der Waals surface area contributed by atoms with Crippen molar-refractivity contribution in [3.05, 3.63) is 42.5 Å². The van der Waals surface area contributed by atoms with Crippen molar-refractivity contribution < 1.29 is 9.53 Å². The van der Waals surface area contributed by atoms with E-state index in [1.807, 2.05) is 18.2 Å². The minimum absolute atomic E-state index is 0.0327. The van der Waals surface area contributed by atoms with Gasteiger partial charge in [0.2, 0.25) is 0 Å². The van der Waals surface area contributed by atoms with Crippen LogP contribution in [0, 0.1) is 17.9 Å². The number of benzene rings is 1. The number of carbonyl (C=O) groups excluding carboxylic acids is 1. The molecular formula is C15H17O2S. The van der Waals surface area contributed by atoms with Gasteiger partial charge in [-0.25, -0.2) is 0 Å². The second-order valence-electron chi connectivity index (χ2n) is 4.42. The third-order valence-corrected chi connectivity index (χ3v) is 4.24. The molecule has 1 aliphatic carbocycles. The molecule has 3 heteroatoms. The largest absolute Gasteiger partial charge is 0.469 e. The predicted molar refractivity (Wildman–Crippen MR) is 73.4 cm³/mol. The molecule has 0 heterocycles. The molecule has 95 valence electrons. The number of rotatable bonds is 4. The third kappa shape index (κ3) is 3.64. The summed E-state index contributed by atoms with van der Waals surface area (Å²) in [6.07, 6.45) is 6.02. The molecule has 1 aromatic rings. The van der Waals surface area contributed by atoms with Crippen molar-refractivity contribution >= 4 is 17.7 Å². The van der Waals surface area contributed by atoms with Gasteiger partial charge in [-0.15, -0.1) is 11.8 Å². The summed E-state index contributed by atoms with van der Waals surface area (Å²) in [5.74, 6) is 1.39. The normalized spacial score (nSPS) is 22.7. The van der Waals surface area contributed by atoms with Crippen molar-refractivity contribution in [1.82, 2.24) is 0 Å². The van der Waals surface area contributed by atoms with Crippen LogP contribution in [0.2, 0.25) is 0 Å². The molecule has 2 rings (SSSR count). The summed E-state index contributed by atoms with van der Waals surface area (Å²) >= 11 is 1.79. The van der Waals surface area contributed by atoms with E-state index in [0.29, 0.717) is 5.92 Å². The first-order chi connectivity index (χ1) is 8.79. The number of carbonyl (C=O) groups is 1. The molecular weight excluding hydrogens is 244 g/mol. The molecule has 0 aromatic heterocycles. The Balaban J connectivity index is 1.85. The molecule has 18 heavy (non-hydrogen) atoms. The van der Waals surface area contributed by atoms with Crippen LogP contribution in [0.1, 0.15) is 12.8 Å². The van der Waals surface area contributed by atoms with Gasteiger partial charge in [0, 0.05) is 10.6 Å². The van der Waals surface area contributed by atoms with Crippen LogP contribution in [0.3, 0.4) is 0 Å². The van der Waals surface area contributed by atoms with Gasteiger partial charge in [-0.05, 0) is 30.9 Å². The summed E-state index contributed by atoms with van der Waals surface area (Å²) < 4.78 is 4.81. The predicted octanol–water partition coefficient (Wildman–Crippen LogP) is 3.33. The molecule has 0 aliphatic heterocycles. The number of thioether (sulfide) groups is 1. The second kappa shape index (κ2) is 6.64. The standard InChI is InChI=1S/C15H17O2S/c1-17-15(16)13-7-5-6-12(10-13)11-18-14-8-3-2-4-9-14/h2-6,8,12-13H,7,10-11H2,1H3. The molecule has 0 bridgehead atoms. The first-order valence-electron chi connectivity index (χ1n) is 6.13. The second-order valence-corrected chi connectivity index (χ2v) is 5.48. The highest BCUT2D eigenvalue weighted by Gasteiger charge is 2.24. The smallest absolute Gasteiger partial charge is 0.308 e. The fourth-order valence-corrected chi connectivity index (χ4v) is 3.09. The lowest BCUT2D eigenvalue weighted by Crippen LogP contribution is -2.22. The summed E-state index contributed by atoms with van der Waals surface area (Å²) in [5, 5.41) is 0. The first kappa shape index (κ1) is 13.2. The maximum Gasteiger partial charge on any atom is 0.308 e. The Morgan fingerprint density at radius 1 is 1.56 bits per heavy atom. The van der Waals surface area contributed by atoms with Crippen LogP contribution in [0.4, 0.5) is 0 Å². The van der Waals surface area contributed by atoms with Crippen molar-refractivity contribution in [1.29, 1.82) is 0 Å². The van der Waals surface area contributed by atoms with Gasteiger partial charge >= 0.3 is 5.97 Å². The average molecular weight is 261 g/mol. The van der Waals surface area contributed by atoms with E-state index >= 15 is 0 Å². The van der Waals surface area contributed by atoms with Crippen molar-refractivity contribution in [2.75, 3.05) is 12.9 Å². The van der Waals surface area contributed by atoms with Gasteiger partial charge < -0.3 is 4.74 Å². The highest BCUT2D eigenvalue weighted by atomic mass is 32.2. The maximum atomic E-state index is 11.5. The first-order valence-corrected chi connectivity index (χ1v) is 7.12. The Kier molecular flexibility index (Phi) is 4.88. The van der Waals surface area contributed by atoms with E-state index in [4.69, 9.17) is 4.74 Å². The molecule has 0 fully saturated rings. The van der Waals surface area contributed by atoms with E-state index in [2.05, 4.69) is 24.3 Å². The number of hydrogen-bond acceptors (Lipinski definition) is 3. The fourth-order valence-electron chi connectivity index (χ4n) is 2.12. The highest BCUT2D eigenvalue weighted by Crippen LogP contribution is 2.29. The van der Waals surface area contributed by atoms with Gasteiger partial charge in [0.25, 0.3) is 0 Å². The Morgan fingerprint density at radius 3 is 3.17 bits per heavy atom. The average Bonchev–Trinajstić information content (AvgIpc) is 2.45. The third-order valence-electron chi connectivity index (χ3n) is 3.08. The Morgan fingerprint density at radius 2 is 2.44 bits per heavy atom. The lowest BCUT2D eigenvalue weighted by Gasteiger charge is -2.22. The van der Waals surface area contributed by atoms with Gasteiger partial charge in [-0.3, -0.25) is 4.79 Å². The zero-order chi connectivity index (χ0) is 12.8. The van der Waals surface area contributed by atoms with Crippen molar-refractivity contribution in [3.8, 4) is 0 Å². The summed E-state index contributed by atoms with van der Waals surface area (Å²) in [7, 11) is 1.46. The summed E-state index contributed by atoms with van der Waals surface area (Å²) in [6.45, 7) is 0. The molecule has 1 radical (unpaired) electrons. The van der Waals surface area contributed by atoms with E-state index in [0.717, 1.165) is 23.5 Å². The lowest BCUT2D eigenvalue weighted by molar-refractivity contribution is -0.145. The summed E-state index contributed by atoms with van der Waals surface area (Å²) in [5.41, 5.74) is 0. The topological polar surface area (TPSA) is 26.3 Å². The molecule has 1 aliphatic rings. The molecule has 0 N–H and O–H groups in total. The molecule has 2 nitrogen and oxygen atoms in total. The van der Waals surface area contributed by atoms with E-state index in [1.54, 1.807) is 11.8 Å². The fraction of sp³-hybridized carbons (Fsp3) is 0.400. The number of allylic oxidation sites excluding steroid dienone is 2. The van der Waals surface area contributed by atoms with E-state index in [9.17, 15) is 4.79 Å². The van der Waals surface area contributed by atoms with Gasteiger partial charge in [-0.2, -0.15) is 0 Å². The molecule has 0 saturated heterocycles. The van der Waals surface area contributed by atoms with Crippen LogP contribution >= 0.6 is 11.8 Å². The van der Waals surface area contributed by atoms with Gasteiger partial charge in [0.15, 0.2) is 0 Å².